The van der Waals surface area contributed by atoms with Gasteiger partial charge in [-0.25, -0.2) is 0 Å². The first-order chi connectivity index (χ1) is 23.2. The number of pyridine rings is 2. The van der Waals surface area contributed by atoms with Crippen molar-refractivity contribution in [2.75, 3.05) is 39.3 Å². The third-order valence-electron chi connectivity index (χ3n) is 8.28. The topological polar surface area (TPSA) is 158 Å². The van der Waals surface area contributed by atoms with Gasteiger partial charge in [0.2, 0.25) is 11.6 Å². The zero-order valence-corrected chi connectivity index (χ0v) is 28.5. The number of rotatable bonds is 5. The van der Waals surface area contributed by atoms with E-state index in [0.29, 0.717) is 17.1 Å². The van der Waals surface area contributed by atoms with Crippen molar-refractivity contribution in [1.82, 2.24) is 24.7 Å². The van der Waals surface area contributed by atoms with Crippen LogP contribution in [0.5, 0.6) is 0 Å². The maximum absolute atomic E-state index is 12.4. The summed E-state index contributed by atoms with van der Waals surface area (Å²) in [6.45, 7) is 5.41. The van der Waals surface area contributed by atoms with Crippen LogP contribution in [0, 0.1) is 10.2 Å². The van der Waals surface area contributed by atoms with Crippen molar-refractivity contribution in [2.24, 2.45) is 0 Å². The van der Waals surface area contributed by atoms with Crippen LogP contribution in [0.2, 0.25) is 0 Å². The summed E-state index contributed by atoms with van der Waals surface area (Å²) in [6, 6.07) is 29.3. The van der Waals surface area contributed by atoms with Gasteiger partial charge in [0.25, 0.3) is 0 Å². The summed E-state index contributed by atoms with van der Waals surface area (Å²) in [5, 5.41) is 2.26. The molecular formula is C36H30ClN5O6Ru. The molecule has 11 nitrogen and oxygen atoms in total. The Bertz CT molecular complexity index is 1990. The molecule has 5 aromatic rings. The van der Waals surface area contributed by atoms with E-state index in [1.54, 1.807) is 0 Å². The summed E-state index contributed by atoms with van der Waals surface area (Å²) in [6.07, 6.45) is 5.28. The average molecular weight is 765 g/mol. The number of Topliss-reactive ketones (excluding diaryl/α,β-unsaturated/α-hetero) is 1. The van der Waals surface area contributed by atoms with Gasteiger partial charge in [-0.3, -0.25) is 19.6 Å². The average Bonchev–Trinajstić information content (AvgIpc) is 3.91. The predicted molar refractivity (Wildman–Crippen MR) is 170 cm³/mol. The number of carbonyl (C=O) groups is 2. The molecule has 13 heteroatoms. The first kappa shape index (κ1) is 34.3. The van der Waals surface area contributed by atoms with E-state index < -0.39 is 10.2 Å². The maximum Gasteiger partial charge on any atom is 0.227 e. The number of allylic oxidation sites excluding steroid dienone is 1. The van der Waals surface area contributed by atoms with E-state index in [0.717, 1.165) is 61.1 Å². The minimum atomic E-state index is -4.69. The number of carbonyl (C=O) groups excluding carboxylic acids is 2. The number of aromatic nitrogens is 2. The Morgan fingerprint density at radius 1 is 0.592 bits per heavy atom. The molecule has 49 heavy (non-hydrogen) atoms. The number of nitrogens with zero attached hydrogens (tertiary/aromatic N) is 5. The van der Waals surface area contributed by atoms with Gasteiger partial charge in [0.15, 0.2) is 0 Å². The number of ketones is 2. The number of fused-ring (bicyclic) bond motifs is 3. The van der Waals surface area contributed by atoms with Gasteiger partial charge < -0.3 is 14.7 Å². The molecule has 0 bridgehead atoms. The fourth-order valence-electron chi connectivity index (χ4n) is 5.84. The molecule has 2 aromatic heterocycles. The molecule has 250 valence electrons. The molecule has 1 N–H and O–H groups in total. The molecule has 0 saturated carbocycles. The molecule has 5 heterocycles. The van der Waals surface area contributed by atoms with Gasteiger partial charge in [-0.1, -0.05) is 72.8 Å². The molecule has 3 fully saturated rings. The zero-order chi connectivity index (χ0) is 33.4. The standard InChI is InChI=1S/C24H16N2.C12H13N3O2.ClHO4.Ru/c1-3-7-17(8-4-1)19-13-15-25-23-21(19)11-12-22-20(14-16-26-24(22)23)18-9-5-2-6-10-18;16-9-7-8(13-1-2-13)12(17)11(15-5-6-15)10(9)14-3-4-14;2-1(3,4)5;/h1-16H;7H,1-6H2;(H,2,3,4,5);. The van der Waals surface area contributed by atoms with E-state index in [2.05, 4.69) is 82.8 Å². The first-order valence-electron chi connectivity index (χ1n) is 15.4. The molecule has 0 atom stereocenters. The van der Waals surface area contributed by atoms with Crippen LogP contribution in [-0.2, 0) is 29.1 Å². The molecule has 3 aromatic carbocycles. The van der Waals surface area contributed by atoms with Gasteiger partial charge in [-0.15, -0.1) is 0 Å². The third-order valence-corrected chi connectivity index (χ3v) is 8.28. The van der Waals surface area contributed by atoms with Crippen molar-refractivity contribution in [2.45, 2.75) is 0 Å². The summed E-state index contributed by atoms with van der Waals surface area (Å²) in [5.41, 5.74) is 8.53. The number of halogens is 1. The van der Waals surface area contributed by atoms with Gasteiger partial charge in [-0.05, 0) is 34.4 Å². The second kappa shape index (κ2) is 14.1. The van der Waals surface area contributed by atoms with Crippen molar-refractivity contribution in [3.8, 4) is 22.3 Å². The SMILES string of the molecule is O=C1C=C(N2CC2)C(=O)C(N2CC2)=C1N1CC1.[O-][Cl+3]([O-])([O-])O.[Ru].c1ccc(-c2ccnc3c2ccc2c(-c4ccccc4)ccnc23)cc1. The molecular weight excluding hydrogens is 735 g/mol. The largest absolute Gasteiger partial charge is 0.365 e. The third kappa shape index (κ3) is 7.86. The van der Waals surface area contributed by atoms with Crippen LogP contribution in [-0.4, -0.2) is 80.2 Å². The number of hydrogen-bond donors (Lipinski definition) is 1. The van der Waals surface area contributed by atoms with Gasteiger partial charge in [0, 0.05) is 88.0 Å². The van der Waals surface area contributed by atoms with Crippen LogP contribution in [0.1, 0.15) is 0 Å². The van der Waals surface area contributed by atoms with E-state index in [4.69, 9.17) is 18.6 Å². The summed E-state index contributed by atoms with van der Waals surface area (Å²) in [4.78, 5) is 39.8. The maximum atomic E-state index is 12.4. The van der Waals surface area contributed by atoms with E-state index in [1.165, 1.54) is 28.3 Å². The van der Waals surface area contributed by atoms with Crippen LogP contribution in [0.3, 0.4) is 0 Å². The normalized spacial score (nSPS) is 16.3. The van der Waals surface area contributed by atoms with Crippen molar-refractivity contribution in [3.05, 3.63) is 120 Å². The molecule has 1 aliphatic carbocycles. The van der Waals surface area contributed by atoms with E-state index >= 15 is 0 Å². The first-order valence-corrected chi connectivity index (χ1v) is 16.6. The molecule has 0 radical (unpaired) electrons. The molecule has 0 amide bonds. The Hall–Kier alpha value is -4.55. The second-order valence-corrected chi connectivity index (χ2v) is 12.4. The molecule has 3 aliphatic heterocycles. The van der Waals surface area contributed by atoms with Crippen molar-refractivity contribution in [3.63, 3.8) is 0 Å². The molecule has 3 saturated heterocycles. The Morgan fingerprint density at radius 3 is 1.41 bits per heavy atom. The van der Waals surface area contributed by atoms with Gasteiger partial charge in [0.1, 0.15) is 11.4 Å². The van der Waals surface area contributed by atoms with Crippen molar-refractivity contribution in [1.29, 1.82) is 0 Å². The second-order valence-electron chi connectivity index (χ2n) is 11.6. The Labute approximate surface area is 296 Å². The van der Waals surface area contributed by atoms with Crippen LogP contribution < -0.4 is 14.0 Å². The Kier molecular flexibility index (Phi) is 9.90. The Balaban J connectivity index is 0.000000156. The van der Waals surface area contributed by atoms with Crippen molar-refractivity contribution < 1.29 is 57.9 Å². The summed E-state index contributed by atoms with van der Waals surface area (Å²) in [5.74, 6) is 0.0485. The van der Waals surface area contributed by atoms with Crippen LogP contribution in [0.15, 0.2) is 120 Å². The Morgan fingerprint density at radius 2 is 1.00 bits per heavy atom. The molecule has 4 aliphatic rings. The predicted octanol–water partition coefficient (Wildman–Crippen LogP) is 1.17. The van der Waals surface area contributed by atoms with E-state index in [9.17, 15) is 9.59 Å². The quantitative estimate of drug-likeness (QED) is 0.119. The summed E-state index contributed by atoms with van der Waals surface area (Å²) >= 11 is 0. The van der Waals surface area contributed by atoms with Gasteiger partial charge >= 0.3 is 0 Å². The fraction of sp³-hybridized carbons (Fsp3) is 0.167. The van der Waals surface area contributed by atoms with Crippen LogP contribution >= 0.6 is 0 Å². The van der Waals surface area contributed by atoms with Crippen LogP contribution in [0.4, 0.5) is 0 Å². The monoisotopic (exact) mass is 765 g/mol. The minimum absolute atomic E-state index is 0. The molecule has 0 spiro atoms. The summed E-state index contributed by atoms with van der Waals surface area (Å²) < 4.78 is 32.7. The van der Waals surface area contributed by atoms with E-state index in [-0.39, 0.29) is 31.0 Å². The van der Waals surface area contributed by atoms with Gasteiger partial charge in [0.05, 0.1) is 31.6 Å². The van der Waals surface area contributed by atoms with E-state index in [1.807, 2.05) is 39.2 Å². The fourth-order valence-corrected chi connectivity index (χ4v) is 5.84. The molecule has 0 unspecified atom stereocenters. The number of benzene rings is 3. The summed E-state index contributed by atoms with van der Waals surface area (Å²) in [7, 11) is -4.69. The minimum Gasteiger partial charge on any atom is -0.365 e. The zero-order valence-electron chi connectivity index (χ0n) is 26.0. The van der Waals surface area contributed by atoms with Crippen molar-refractivity contribution >= 4 is 33.4 Å². The smallest absolute Gasteiger partial charge is 0.227 e. The van der Waals surface area contributed by atoms with Gasteiger partial charge in [-0.2, -0.15) is 14.0 Å². The molecule has 9 rings (SSSR count). The number of hydrogen-bond acceptors (Lipinski definition) is 11. The van der Waals surface area contributed by atoms with Crippen LogP contribution in [0.25, 0.3) is 44.1 Å².